The first-order valence-electron chi connectivity index (χ1n) is 7.78. The van der Waals surface area contributed by atoms with E-state index >= 15 is 0 Å². The van der Waals surface area contributed by atoms with Gasteiger partial charge in [0.05, 0.1) is 10.9 Å². The lowest BCUT2D eigenvalue weighted by Crippen LogP contribution is -2.26. The molecule has 1 fully saturated rings. The van der Waals surface area contributed by atoms with Crippen LogP contribution in [0.4, 0.5) is 5.69 Å². The zero-order chi connectivity index (χ0) is 17.8. The van der Waals surface area contributed by atoms with Crippen molar-refractivity contribution in [1.82, 2.24) is 5.32 Å². The van der Waals surface area contributed by atoms with Gasteiger partial charge in [-0.1, -0.05) is 42.1 Å². The maximum atomic E-state index is 12.2. The molecule has 2 aromatic carbocycles. The van der Waals surface area contributed by atoms with Crippen molar-refractivity contribution in [1.29, 1.82) is 0 Å². The summed E-state index contributed by atoms with van der Waals surface area (Å²) in [7, 11) is 0. The van der Waals surface area contributed by atoms with Crippen molar-refractivity contribution < 1.29 is 14.4 Å². The number of hydrogen-bond donors (Lipinski definition) is 1. The van der Waals surface area contributed by atoms with E-state index in [1.807, 2.05) is 6.07 Å². The first-order valence-corrected chi connectivity index (χ1v) is 8.66. The largest absolute Gasteiger partial charge is 0.304 e. The summed E-state index contributed by atoms with van der Waals surface area (Å²) in [5.74, 6) is -0.295. The molecule has 25 heavy (non-hydrogen) atoms. The zero-order valence-electron chi connectivity index (χ0n) is 13.6. The minimum atomic E-state index is -0.483. The number of ketones is 2. The normalized spacial score (nSPS) is 18.2. The molecule has 0 unspecified atom stereocenters. The summed E-state index contributed by atoms with van der Waals surface area (Å²) >= 11 is 1.25. The second-order valence-corrected chi connectivity index (χ2v) is 6.80. The Morgan fingerprint density at radius 1 is 1.04 bits per heavy atom. The van der Waals surface area contributed by atoms with Crippen molar-refractivity contribution in [3.8, 4) is 0 Å². The van der Waals surface area contributed by atoms with E-state index < -0.39 is 5.25 Å². The average molecular weight is 352 g/mol. The van der Waals surface area contributed by atoms with Crippen LogP contribution in [-0.4, -0.2) is 27.9 Å². The van der Waals surface area contributed by atoms with Crippen LogP contribution in [0.3, 0.4) is 0 Å². The van der Waals surface area contributed by atoms with Crippen LogP contribution in [0.15, 0.2) is 59.6 Å². The molecule has 1 aliphatic rings. The van der Waals surface area contributed by atoms with E-state index in [2.05, 4.69) is 10.3 Å². The molecular weight excluding hydrogens is 336 g/mol. The molecule has 1 N–H and O–H groups in total. The SMILES string of the molecule is CC(=O)c1ccc(N=C2NC(=O)[C@@H](CC(=O)c3ccccc3)S2)cc1. The molecule has 0 spiro atoms. The van der Waals surface area contributed by atoms with Gasteiger partial charge < -0.3 is 5.32 Å². The van der Waals surface area contributed by atoms with Crippen LogP contribution in [0, 0.1) is 0 Å². The summed E-state index contributed by atoms with van der Waals surface area (Å²) in [6.45, 7) is 1.50. The fourth-order valence-electron chi connectivity index (χ4n) is 2.39. The van der Waals surface area contributed by atoms with Gasteiger partial charge in [0.25, 0.3) is 0 Å². The standard InChI is InChI=1S/C19H16N2O3S/c1-12(22)13-7-9-15(10-8-13)20-19-21-18(24)17(25-19)11-16(23)14-5-3-2-4-6-14/h2-10,17H,11H2,1H3,(H,20,21,24)/t17-/m1/s1. The summed E-state index contributed by atoms with van der Waals surface area (Å²) in [5, 5.41) is 2.68. The number of rotatable bonds is 5. The van der Waals surface area contributed by atoms with E-state index in [0.717, 1.165) is 0 Å². The zero-order valence-corrected chi connectivity index (χ0v) is 14.4. The number of hydrogen-bond acceptors (Lipinski definition) is 5. The number of carbonyl (C=O) groups excluding carboxylic acids is 3. The molecule has 3 rings (SSSR count). The Balaban J connectivity index is 1.67. The van der Waals surface area contributed by atoms with Crippen LogP contribution in [-0.2, 0) is 4.79 Å². The van der Waals surface area contributed by atoms with Crippen molar-refractivity contribution in [2.24, 2.45) is 4.99 Å². The molecule has 1 atom stereocenters. The number of amidine groups is 1. The second-order valence-electron chi connectivity index (χ2n) is 5.61. The van der Waals surface area contributed by atoms with Gasteiger partial charge in [-0.05, 0) is 31.2 Å². The van der Waals surface area contributed by atoms with Gasteiger partial charge in [0.1, 0.15) is 0 Å². The summed E-state index contributed by atoms with van der Waals surface area (Å²) in [6, 6.07) is 15.8. The fourth-order valence-corrected chi connectivity index (χ4v) is 3.38. The predicted octanol–water partition coefficient (Wildman–Crippen LogP) is 3.38. The lowest BCUT2D eigenvalue weighted by atomic mass is 10.1. The van der Waals surface area contributed by atoms with Gasteiger partial charge in [-0.15, -0.1) is 0 Å². The molecule has 1 heterocycles. The molecular formula is C19H16N2O3S. The third kappa shape index (κ3) is 4.22. The van der Waals surface area contributed by atoms with Crippen LogP contribution in [0.25, 0.3) is 0 Å². The van der Waals surface area contributed by atoms with Crippen LogP contribution in [0.2, 0.25) is 0 Å². The second kappa shape index (κ2) is 7.44. The van der Waals surface area contributed by atoms with Crippen LogP contribution in [0.5, 0.6) is 0 Å². The number of carbonyl (C=O) groups is 3. The number of amides is 1. The first kappa shape index (κ1) is 17.1. The summed E-state index contributed by atoms with van der Waals surface area (Å²) in [5.41, 5.74) is 1.85. The highest BCUT2D eigenvalue weighted by molar-refractivity contribution is 8.15. The van der Waals surface area contributed by atoms with Crippen molar-refractivity contribution in [3.05, 3.63) is 65.7 Å². The lowest BCUT2D eigenvalue weighted by molar-refractivity contribution is -0.118. The van der Waals surface area contributed by atoms with Gasteiger partial charge in [0.2, 0.25) is 5.91 Å². The Kier molecular flexibility index (Phi) is 5.09. The molecule has 0 aromatic heterocycles. The Morgan fingerprint density at radius 3 is 2.36 bits per heavy atom. The van der Waals surface area contributed by atoms with Crippen molar-refractivity contribution in [2.45, 2.75) is 18.6 Å². The molecule has 6 heteroatoms. The highest BCUT2D eigenvalue weighted by atomic mass is 32.2. The first-order chi connectivity index (χ1) is 12.0. The van der Waals surface area contributed by atoms with E-state index in [-0.39, 0.29) is 23.9 Å². The number of Topliss-reactive ketones (excluding diaryl/α,β-unsaturated/α-hetero) is 2. The molecule has 0 aliphatic carbocycles. The monoisotopic (exact) mass is 352 g/mol. The van der Waals surface area contributed by atoms with E-state index in [1.54, 1.807) is 48.5 Å². The maximum Gasteiger partial charge on any atom is 0.240 e. The number of thioether (sulfide) groups is 1. The molecule has 1 saturated heterocycles. The third-order valence-corrected chi connectivity index (χ3v) is 4.83. The van der Waals surface area contributed by atoms with Gasteiger partial charge in [0.15, 0.2) is 16.7 Å². The molecule has 2 aromatic rings. The Morgan fingerprint density at radius 2 is 1.72 bits per heavy atom. The van der Waals surface area contributed by atoms with Gasteiger partial charge in [0, 0.05) is 17.5 Å². The van der Waals surface area contributed by atoms with Crippen LogP contribution < -0.4 is 5.32 Å². The van der Waals surface area contributed by atoms with Gasteiger partial charge in [-0.25, -0.2) is 4.99 Å². The molecule has 5 nitrogen and oxygen atoms in total. The topological polar surface area (TPSA) is 75.6 Å². The molecule has 0 radical (unpaired) electrons. The number of nitrogens with one attached hydrogen (secondary N) is 1. The third-order valence-electron chi connectivity index (χ3n) is 3.75. The highest BCUT2D eigenvalue weighted by Crippen LogP contribution is 2.26. The highest BCUT2D eigenvalue weighted by Gasteiger charge is 2.32. The molecule has 1 amide bonds. The summed E-state index contributed by atoms with van der Waals surface area (Å²) < 4.78 is 0. The van der Waals surface area contributed by atoms with Crippen molar-refractivity contribution >= 4 is 40.1 Å². The van der Waals surface area contributed by atoms with E-state index in [1.165, 1.54) is 18.7 Å². The van der Waals surface area contributed by atoms with Crippen LogP contribution >= 0.6 is 11.8 Å². The van der Waals surface area contributed by atoms with E-state index in [0.29, 0.717) is 22.0 Å². The maximum absolute atomic E-state index is 12.2. The minimum Gasteiger partial charge on any atom is -0.304 e. The molecule has 1 aliphatic heterocycles. The number of benzene rings is 2. The number of nitrogens with zero attached hydrogens (tertiary/aromatic N) is 1. The Hall–Kier alpha value is -2.73. The Bertz CT molecular complexity index is 845. The average Bonchev–Trinajstić information content (AvgIpc) is 2.95. The predicted molar refractivity (Wildman–Crippen MR) is 98.5 cm³/mol. The molecule has 0 bridgehead atoms. The van der Waals surface area contributed by atoms with E-state index in [4.69, 9.17) is 0 Å². The van der Waals surface area contributed by atoms with Gasteiger partial charge >= 0.3 is 0 Å². The lowest BCUT2D eigenvalue weighted by Gasteiger charge is -2.04. The summed E-state index contributed by atoms with van der Waals surface area (Å²) in [4.78, 5) is 40.0. The Labute approximate surface area is 149 Å². The minimum absolute atomic E-state index is 0.0118. The molecule has 0 saturated carbocycles. The number of aliphatic imine (C=N–C) groups is 1. The van der Waals surface area contributed by atoms with Crippen LogP contribution in [0.1, 0.15) is 34.1 Å². The fraction of sp³-hybridized carbons (Fsp3) is 0.158. The molecule has 126 valence electrons. The van der Waals surface area contributed by atoms with Crippen molar-refractivity contribution in [3.63, 3.8) is 0 Å². The summed E-state index contributed by atoms with van der Waals surface area (Å²) in [6.07, 6.45) is 0.128. The van der Waals surface area contributed by atoms with Gasteiger partial charge in [-0.3, -0.25) is 14.4 Å². The van der Waals surface area contributed by atoms with E-state index in [9.17, 15) is 14.4 Å². The smallest absolute Gasteiger partial charge is 0.240 e. The van der Waals surface area contributed by atoms with Crippen molar-refractivity contribution in [2.75, 3.05) is 0 Å². The quantitative estimate of drug-likeness (QED) is 0.837. The van der Waals surface area contributed by atoms with Gasteiger partial charge in [-0.2, -0.15) is 0 Å².